The van der Waals surface area contributed by atoms with Crippen molar-refractivity contribution in [2.45, 2.75) is 31.9 Å². The first-order valence-corrected chi connectivity index (χ1v) is 7.04. The topological polar surface area (TPSA) is 66.6 Å². The molecule has 6 heteroatoms. The van der Waals surface area contributed by atoms with E-state index in [-0.39, 0.29) is 30.5 Å². The highest BCUT2D eigenvalue weighted by Gasteiger charge is 2.46. The van der Waals surface area contributed by atoms with Crippen molar-refractivity contribution in [1.29, 1.82) is 0 Å². The lowest BCUT2D eigenvalue weighted by Gasteiger charge is -2.43. The zero-order chi connectivity index (χ0) is 15.6. The highest BCUT2D eigenvalue weighted by Crippen LogP contribution is 2.38. The molecule has 0 radical (unpaired) electrons. The summed E-state index contributed by atoms with van der Waals surface area (Å²) >= 11 is 0. The van der Waals surface area contributed by atoms with E-state index in [2.05, 4.69) is 0 Å². The molecule has 1 aromatic carbocycles. The first-order valence-electron chi connectivity index (χ1n) is 7.04. The number of amides is 1. The fraction of sp³-hybridized carbons (Fsp3) is 0.533. The lowest BCUT2D eigenvalue weighted by molar-refractivity contribution is -0.151. The third-order valence-electron chi connectivity index (χ3n) is 4.09. The van der Waals surface area contributed by atoms with Crippen LogP contribution in [0.25, 0.3) is 0 Å². The van der Waals surface area contributed by atoms with Gasteiger partial charge in [0.25, 0.3) is 0 Å². The third-order valence-corrected chi connectivity index (χ3v) is 4.09. The van der Waals surface area contributed by atoms with E-state index in [9.17, 15) is 18.7 Å². The van der Waals surface area contributed by atoms with Crippen molar-refractivity contribution in [3.05, 3.63) is 35.4 Å². The van der Waals surface area contributed by atoms with Crippen LogP contribution in [-0.4, -0.2) is 34.6 Å². The van der Waals surface area contributed by atoms with Gasteiger partial charge in [0.1, 0.15) is 11.6 Å². The number of nitrogens with two attached hydrogens (primary N) is 1. The van der Waals surface area contributed by atoms with Crippen LogP contribution in [0, 0.1) is 17.6 Å². The minimum absolute atomic E-state index is 0.106. The van der Waals surface area contributed by atoms with Gasteiger partial charge in [-0.15, -0.1) is 0 Å². The fourth-order valence-corrected chi connectivity index (χ4v) is 2.68. The summed E-state index contributed by atoms with van der Waals surface area (Å²) in [4.78, 5) is 13.7. The molecule has 116 valence electrons. The second-order valence-corrected chi connectivity index (χ2v) is 5.59. The molecule has 1 aliphatic rings. The number of aliphatic hydroxyl groups is 1. The minimum Gasteiger partial charge on any atom is -0.389 e. The Kier molecular flexibility index (Phi) is 4.58. The van der Waals surface area contributed by atoms with Crippen molar-refractivity contribution in [2.24, 2.45) is 11.7 Å². The van der Waals surface area contributed by atoms with Gasteiger partial charge in [-0.3, -0.25) is 4.79 Å². The molecule has 0 spiro atoms. The van der Waals surface area contributed by atoms with E-state index in [0.29, 0.717) is 19.4 Å². The molecule has 2 rings (SSSR count). The highest BCUT2D eigenvalue weighted by molar-refractivity contribution is 5.80. The Balaban J connectivity index is 2.06. The summed E-state index contributed by atoms with van der Waals surface area (Å²) in [6.07, 6.45) is 0.608. The number of carbonyl (C=O) groups is 1. The van der Waals surface area contributed by atoms with Crippen LogP contribution in [0.5, 0.6) is 0 Å². The Morgan fingerprint density at radius 3 is 2.48 bits per heavy atom. The number of hydrogen-bond donors (Lipinski definition) is 2. The molecule has 0 saturated heterocycles. The molecule has 1 amide bonds. The Morgan fingerprint density at radius 1 is 1.43 bits per heavy atom. The zero-order valence-corrected chi connectivity index (χ0v) is 12.0. The quantitative estimate of drug-likeness (QED) is 0.864. The summed E-state index contributed by atoms with van der Waals surface area (Å²) in [7, 11) is 0. The van der Waals surface area contributed by atoms with Gasteiger partial charge in [-0.25, -0.2) is 8.78 Å². The molecule has 0 aliphatic heterocycles. The molecule has 0 heterocycles. The largest absolute Gasteiger partial charge is 0.389 e. The summed E-state index contributed by atoms with van der Waals surface area (Å²) in [6, 6.07) is 3.64. The smallest absolute Gasteiger partial charge is 0.226 e. The summed E-state index contributed by atoms with van der Waals surface area (Å²) < 4.78 is 27.3. The van der Waals surface area contributed by atoms with Crippen molar-refractivity contribution in [3.63, 3.8) is 0 Å². The third kappa shape index (κ3) is 3.22. The number of hydrogen-bond acceptors (Lipinski definition) is 3. The van der Waals surface area contributed by atoms with Gasteiger partial charge in [-0.1, -0.05) is 6.07 Å². The van der Waals surface area contributed by atoms with Gasteiger partial charge in [0, 0.05) is 24.6 Å². The standard InChI is InChI=1S/C15H20F2N2O2/c1-2-19(8-11-12(16)4-3-5-13(11)17)14(20)10-6-15(21,7-10)9-18/h3-5,10,21H,2,6-9,18H2,1H3. The van der Waals surface area contributed by atoms with Gasteiger partial charge >= 0.3 is 0 Å². The zero-order valence-electron chi connectivity index (χ0n) is 12.0. The van der Waals surface area contributed by atoms with Crippen LogP contribution < -0.4 is 5.73 Å². The van der Waals surface area contributed by atoms with Gasteiger partial charge in [-0.2, -0.15) is 0 Å². The van der Waals surface area contributed by atoms with Crippen molar-refractivity contribution in [1.82, 2.24) is 4.90 Å². The van der Waals surface area contributed by atoms with E-state index in [0.717, 1.165) is 0 Å². The van der Waals surface area contributed by atoms with E-state index in [4.69, 9.17) is 5.73 Å². The van der Waals surface area contributed by atoms with E-state index < -0.39 is 17.2 Å². The van der Waals surface area contributed by atoms with E-state index >= 15 is 0 Å². The first kappa shape index (κ1) is 15.9. The molecule has 0 aromatic heterocycles. The van der Waals surface area contributed by atoms with Crippen molar-refractivity contribution >= 4 is 5.91 Å². The predicted molar refractivity (Wildman–Crippen MR) is 74.2 cm³/mol. The van der Waals surface area contributed by atoms with Gasteiger partial charge in [-0.05, 0) is 31.9 Å². The van der Waals surface area contributed by atoms with Crippen LogP contribution in [-0.2, 0) is 11.3 Å². The number of nitrogens with zero attached hydrogens (tertiary/aromatic N) is 1. The maximum absolute atomic E-state index is 13.7. The van der Waals surface area contributed by atoms with Gasteiger partial charge in [0.2, 0.25) is 5.91 Å². The Morgan fingerprint density at radius 2 is 2.00 bits per heavy atom. The lowest BCUT2D eigenvalue weighted by Crippen LogP contribution is -2.54. The normalized spacial score (nSPS) is 24.5. The van der Waals surface area contributed by atoms with Crippen molar-refractivity contribution < 1.29 is 18.7 Å². The number of benzene rings is 1. The second-order valence-electron chi connectivity index (χ2n) is 5.59. The van der Waals surface area contributed by atoms with Crippen LogP contribution in [0.15, 0.2) is 18.2 Å². The minimum atomic E-state index is -0.969. The Labute approximate surface area is 122 Å². The summed E-state index contributed by atoms with van der Waals surface area (Å²) in [5.74, 6) is -1.84. The molecular weight excluding hydrogens is 278 g/mol. The molecule has 0 bridgehead atoms. The van der Waals surface area contributed by atoms with Crippen molar-refractivity contribution in [3.8, 4) is 0 Å². The molecule has 1 aromatic rings. The number of carbonyl (C=O) groups excluding carboxylic acids is 1. The molecule has 3 N–H and O–H groups in total. The van der Waals surface area contributed by atoms with Crippen LogP contribution in [0.3, 0.4) is 0 Å². The first-order chi connectivity index (χ1) is 9.90. The fourth-order valence-electron chi connectivity index (χ4n) is 2.68. The molecule has 0 unspecified atom stereocenters. The van der Waals surface area contributed by atoms with Crippen LogP contribution in [0.4, 0.5) is 8.78 Å². The maximum atomic E-state index is 13.7. The van der Waals surface area contributed by atoms with E-state index in [1.54, 1.807) is 6.92 Å². The van der Waals surface area contributed by atoms with Crippen LogP contribution >= 0.6 is 0 Å². The molecular formula is C15H20F2N2O2. The molecule has 0 atom stereocenters. The van der Waals surface area contributed by atoms with Gasteiger partial charge < -0.3 is 15.7 Å². The monoisotopic (exact) mass is 298 g/mol. The van der Waals surface area contributed by atoms with E-state index in [1.807, 2.05) is 0 Å². The molecule has 21 heavy (non-hydrogen) atoms. The van der Waals surface area contributed by atoms with Crippen molar-refractivity contribution in [2.75, 3.05) is 13.1 Å². The van der Waals surface area contributed by atoms with Crippen LogP contribution in [0.2, 0.25) is 0 Å². The second kappa shape index (κ2) is 6.07. The molecule has 4 nitrogen and oxygen atoms in total. The predicted octanol–water partition coefficient (Wildman–Crippen LogP) is 1.41. The highest BCUT2D eigenvalue weighted by atomic mass is 19.1. The maximum Gasteiger partial charge on any atom is 0.226 e. The SMILES string of the molecule is CCN(Cc1c(F)cccc1F)C(=O)C1CC(O)(CN)C1. The summed E-state index contributed by atoms with van der Waals surface area (Å²) in [5, 5.41) is 9.85. The number of rotatable bonds is 5. The lowest BCUT2D eigenvalue weighted by atomic mass is 9.70. The number of halogens is 2. The molecule has 1 saturated carbocycles. The molecule has 1 fully saturated rings. The Bertz CT molecular complexity index is 510. The van der Waals surface area contributed by atoms with Gasteiger partial charge in [0.15, 0.2) is 0 Å². The van der Waals surface area contributed by atoms with Crippen LogP contribution in [0.1, 0.15) is 25.3 Å². The summed E-state index contributed by atoms with van der Waals surface area (Å²) in [6.45, 7) is 2.12. The average molecular weight is 298 g/mol. The Hall–Kier alpha value is -1.53. The van der Waals surface area contributed by atoms with Gasteiger partial charge in [0.05, 0.1) is 12.1 Å². The average Bonchev–Trinajstić information content (AvgIpc) is 2.43. The summed E-state index contributed by atoms with van der Waals surface area (Å²) in [5.41, 5.74) is 4.35. The van der Waals surface area contributed by atoms with E-state index in [1.165, 1.54) is 23.1 Å². The molecule has 1 aliphatic carbocycles.